The fourth-order valence-corrected chi connectivity index (χ4v) is 4.62. The maximum atomic E-state index is 12.8. The number of likely N-dealkylation sites (tertiary alicyclic amines) is 1. The Bertz CT molecular complexity index is 1100. The summed E-state index contributed by atoms with van der Waals surface area (Å²) in [5.41, 5.74) is 3.72. The fraction of sp³-hybridized carbons (Fsp3) is 0.444. The summed E-state index contributed by atoms with van der Waals surface area (Å²) in [5, 5.41) is 3.03. The zero-order valence-corrected chi connectivity index (χ0v) is 19.6. The maximum Gasteiger partial charge on any atom is 0.251 e. The number of imidazole rings is 1. The first-order chi connectivity index (χ1) is 16.1. The SMILES string of the molecule is Cc1ccccc1C(=O)NCCCc1nc2ccccc2n1CCC(=O)N1CCCCCC1. The van der Waals surface area contributed by atoms with Gasteiger partial charge in [-0.1, -0.05) is 43.2 Å². The Morgan fingerprint density at radius 1 is 0.970 bits per heavy atom. The van der Waals surface area contributed by atoms with Crippen molar-refractivity contribution in [2.45, 2.75) is 58.4 Å². The predicted octanol–water partition coefficient (Wildman–Crippen LogP) is 4.50. The topological polar surface area (TPSA) is 67.2 Å². The van der Waals surface area contributed by atoms with Gasteiger partial charge in [0, 0.05) is 44.6 Å². The molecule has 1 aliphatic rings. The van der Waals surface area contributed by atoms with Crippen molar-refractivity contribution >= 4 is 22.8 Å². The van der Waals surface area contributed by atoms with Gasteiger partial charge in [-0.25, -0.2) is 4.98 Å². The molecule has 0 saturated carbocycles. The van der Waals surface area contributed by atoms with Gasteiger partial charge >= 0.3 is 0 Å². The summed E-state index contributed by atoms with van der Waals surface area (Å²) in [5.74, 6) is 1.18. The van der Waals surface area contributed by atoms with Crippen molar-refractivity contribution in [2.24, 2.45) is 0 Å². The average Bonchev–Trinajstić information content (AvgIpc) is 2.98. The monoisotopic (exact) mass is 446 g/mol. The fourth-order valence-electron chi connectivity index (χ4n) is 4.62. The van der Waals surface area contributed by atoms with E-state index in [0.29, 0.717) is 19.5 Å². The summed E-state index contributed by atoms with van der Waals surface area (Å²) in [6.45, 7) is 4.95. The van der Waals surface area contributed by atoms with Gasteiger partial charge in [0.2, 0.25) is 5.91 Å². The van der Waals surface area contributed by atoms with Crippen molar-refractivity contribution in [3.63, 3.8) is 0 Å². The molecule has 2 amide bonds. The molecule has 1 aliphatic heterocycles. The lowest BCUT2D eigenvalue weighted by Gasteiger charge is -2.20. The molecular weight excluding hydrogens is 412 g/mol. The van der Waals surface area contributed by atoms with Gasteiger partial charge in [-0.15, -0.1) is 0 Å². The first-order valence-corrected chi connectivity index (χ1v) is 12.2. The number of hydrogen-bond acceptors (Lipinski definition) is 3. The van der Waals surface area contributed by atoms with Crippen LogP contribution in [0.25, 0.3) is 11.0 Å². The number of nitrogens with one attached hydrogen (secondary N) is 1. The maximum absolute atomic E-state index is 12.8. The van der Waals surface area contributed by atoms with Gasteiger partial charge in [0.15, 0.2) is 0 Å². The molecule has 0 spiro atoms. The van der Waals surface area contributed by atoms with Crippen LogP contribution in [-0.4, -0.2) is 45.9 Å². The Morgan fingerprint density at radius 3 is 2.48 bits per heavy atom. The lowest BCUT2D eigenvalue weighted by atomic mass is 10.1. The van der Waals surface area contributed by atoms with E-state index in [-0.39, 0.29) is 11.8 Å². The number of carbonyl (C=O) groups excluding carboxylic acids is 2. The van der Waals surface area contributed by atoms with E-state index < -0.39 is 0 Å². The molecule has 2 heterocycles. The molecule has 0 bridgehead atoms. The van der Waals surface area contributed by atoms with E-state index in [1.165, 1.54) is 12.8 Å². The minimum atomic E-state index is -0.0374. The van der Waals surface area contributed by atoms with Gasteiger partial charge in [-0.2, -0.15) is 0 Å². The molecule has 6 nitrogen and oxygen atoms in total. The lowest BCUT2D eigenvalue weighted by molar-refractivity contribution is -0.131. The Labute approximate surface area is 196 Å². The number of amides is 2. The van der Waals surface area contributed by atoms with Gasteiger partial charge in [0.25, 0.3) is 5.91 Å². The molecule has 33 heavy (non-hydrogen) atoms. The molecule has 6 heteroatoms. The van der Waals surface area contributed by atoms with E-state index in [4.69, 9.17) is 4.98 Å². The van der Waals surface area contributed by atoms with Crippen molar-refractivity contribution in [1.82, 2.24) is 19.8 Å². The molecule has 0 unspecified atom stereocenters. The minimum absolute atomic E-state index is 0.0374. The number of hydrogen-bond donors (Lipinski definition) is 1. The standard InChI is InChI=1S/C27H34N4O2/c1-21-11-4-5-12-22(21)27(33)28-17-10-15-25-29-23-13-6-7-14-24(23)31(25)20-16-26(32)30-18-8-2-3-9-19-30/h4-7,11-14H,2-3,8-10,15-20H2,1H3,(H,28,33). The van der Waals surface area contributed by atoms with Crippen molar-refractivity contribution in [1.29, 1.82) is 0 Å². The highest BCUT2D eigenvalue weighted by Gasteiger charge is 2.17. The van der Waals surface area contributed by atoms with E-state index in [1.54, 1.807) is 0 Å². The third kappa shape index (κ3) is 5.81. The van der Waals surface area contributed by atoms with Crippen molar-refractivity contribution in [3.05, 3.63) is 65.5 Å². The van der Waals surface area contributed by atoms with E-state index >= 15 is 0 Å². The smallest absolute Gasteiger partial charge is 0.251 e. The Hall–Kier alpha value is -3.15. The Kier molecular flexibility index (Phi) is 7.76. The van der Waals surface area contributed by atoms with Crippen molar-refractivity contribution in [3.8, 4) is 0 Å². The number of rotatable bonds is 8. The number of benzene rings is 2. The van der Waals surface area contributed by atoms with Crippen LogP contribution in [0.15, 0.2) is 48.5 Å². The number of nitrogens with zero attached hydrogens (tertiary/aromatic N) is 3. The summed E-state index contributed by atoms with van der Waals surface area (Å²) in [6, 6.07) is 15.7. The highest BCUT2D eigenvalue weighted by Crippen LogP contribution is 2.19. The average molecular weight is 447 g/mol. The van der Waals surface area contributed by atoms with E-state index in [1.807, 2.05) is 54.3 Å². The van der Waals surface area contributed by atoms with E-state index in [0.717, 1.165) is 66.8 Å². The molecule has 174 valence electrons. The quantitative estimate of drug-likeness (QED) is 0.518. The first kappa shape index (κ1) is 23.0. The number of aryl methyl sites for hydroxylation is 3. The number of para-hydroxylation sites is 2. The zero-order chi connectivity index (χ0) is 23.0. The van der Waals surface area contributed by atoms with Crippen LogP contribution in [0.2, 0.25) is 0 Å². The van der Waals surface area contributed by atoms with Crippen LogP contribution >= 0.6 is 0 Å². The minimum Gasteiger partial charge on any atom is -0.352 e. The molecule has 3 aromatic rings. The molecule has 1 fully saturated rings. The summed E-state index contributed by atoms with van der Waals surface area (Å²) in [4.78, 5) is 32.2. The van der Waals surface area contributed by atoms with Crippen LogP contribution in [0.5, 0.6) is 0 Å². The largest absolute Gasteiger partial charge is 0.352 e. The number of carbonyl (C=O) groups is 2. The molecular formula is C27H34N4O2. The summed E-state index contributed by atoms with van der Waals surface area (Å²) >= 11 is 0. The predicted molar refractivity (Wildman–Crippen MR) is 131 cm³/mol. The van der Waals surface area contributed by atoms with Crippen LogP contribution in [0.4, 0.5) is 0 Å². The molecule has 2 aromatic carbocycles. The van der Waals surface area contributed by atoms with Gasteiger partial charge < -0.3 is 14.8 Å². The first-order valence-electron chi connectivity index (χ1n) is 12.2. The third-order valence-electron chi connectivity index (χ3n) is 6.49. The van der Waals surface area contributed by atoms with Crippen LogP contribution in [0.3, 0.4) is 0 Å². The molecule has 0 radical (unpaired) electrons. The lowest BCUT2D eigenvalue weighted by Crippen LogP contribution is -2.32. The van der Waals surface area contributed by atoms with E-state index in [9.17, 15) is 9.59 Å². The molecule has 4 rings (SSSR count). The summed E-state index contributed by atoms with van der Waals surface area (Å²) in [6.07, 6.45) is 6.71. The normalized spacial score (nSPS) is 14.3. The van der Waals surface area contributed by atoms with Gasteiger partial charge in [-0.3, -0.25) is 9.59 Å². The van der Waals surface area contributed by atoms with Crippen molar-refractivity contribution < 1.29 is 9.59 Å². The second-order valence-electron chi connectivity index (χ2n) is 8.89. The van der Waals surface area contributed by atoms with Gasteiger partial charge in [-0.05, 0) is 49.9 Å². The molecule has 1 saturated heterocycles. The zero-order valence-electron chi connectivity index (χ0n) is 19.6. The Balaban J connectivity index is 1.37. The second-order valence-corrected chi connectivity index (χ2v) is 8.89. The highest BCUT2D eigenvalue weighted by atomic mass is 16.2. The summed E-state index contributed by atoms with van der Waals surface area (Å²) < 4.78 is 2.19. The van der Waals surface area contributed by atoms with Crippen LogP contribution in [0, 0.1) is 6.92 Å². The summed E-state index contributed by atoms with van der Waals surface area (Å²) in [7, 11) is 0. The van der Waals surface area contributed by atoms with Crippen LogP contribution in [0.1, 0.15) is 60.3 Å². The van der Waals surface area contributed by atoms with Crippen LogP contribution < -0.4 is 5.32 Å². The van der Waals surface area contributed by atoms with Gasteiger partial charge in [0.1, 0.15) is 5.82 Å². The molecule has 1 aromatic heterocycles. The number of aromatic nitrogens is 2. The Morgan fingerprint density at radius 2 is 1.70 bits per heavy atom. The number of fused-ring (bicyclic) bond motifs is 1. The van der Waals surface area contributed by atoms with Gasteiger partial charge in [0.05, 0.1) is 11.0 Å². The van der Waals surface area contributed by atoms with Crippen LogP contribution in [-0.2, 0) is 17.8 Å². The molecule has 1 N–H and O–H groups in total. The molecule has 0 aliphatic carbocycles. The second kappa shape index (κ2) is 11.1. The highest BCUT2D eigenvalue weighted by molar-refractivity contribution is 5.95. The van der Waals surface area contributed by atoms with Crippen molar-refractivity contribution in [2.75, 3.05) is 19.6 Å². The van der Waals surface area contributed by atoms with E-state index in [2.05, 4.69) is 16.0 Å². The molecule has 0 atom stereocenters. The third-order valence-corrected chi connectivity index (χ3v) is 6.49.